The number of benzene rings is 3. The molecule has 0 aromatic heterocycles. The summed E-state index contributed by atoms with van der Waals surface area (Å²) in [5.74, 6) is 0.407. The molecular weight excluding hydrogens is 568 g/mol. The van der Waals surface area contributed by atoms with E-state index < -0.39 is 23.6 Å². The van der Waals surface area contributed by atoms with Gasteiger partial charge < -0.3 is 14.8 Å². The number of nitrogens with one attached hydrogen (secondary N) is 1. The third kappa shape index (κ3) is 6.90. The molecule has 1 N–H and O–H groups in total. The molecule has 0 unspecified atom stereocenters. The second-order valence-electron chi connectivity index (χ2n) is 7.52. The smallest absolute Gasteiger partial charge is 0.294 e. The van der Waals surface area contributed by atoms with Crippen LogP contribution in [-0.2, 0) is 9.59 Å². The highest BCUT2D eigenvalue weighted by molar-refractivity contribution is 9.10. The zero-order valence-electron chi connectivity index (χ0n) is 18.8. The molecule has 4 rings (SSSR count). The van der Waals surface area contributed by atoms with Crippen LogP contribution in [0.1, 0.15) is 5.56 Å². The van der Waals surface area contributed by atoms with Gasteiger partial charge in [0, 0.05) is 10.2 Å². The predicted molar refractivity (Wildman–Crippen MR) is 144 cm³/mol. The number of ether oxygens (including phenoxy) is 2. The molecule has 0 radical (unpaired) electrons. The van der Waals surface area contributed by atoms with Crippen LogP contribution in [0.4, 0.5) is 10.5 Å². The number of halogens is 2. The predicted octanol–water partition coefficient (Wildman–Crippen LogP) is 6.24. The fourth-order valence-electron chi connectivity index (χ4n) is 3.20. The molecule has 3 aromatic rings. The molecule has 184 valence electrons. The summed E-state index contributed by atoms with van der Waals surface area (Å²) in [5, 5.41) is 2.56. The minimum atomic E-state index is -0.521. The molecule has 1 fully saturated rings. The quantitative estimate of drug-likeness (QED) is 0.236. The molecule has 1 saturated heterocycles. The summed E-state index contributed by atoms with van der Waals surface area (Å²) >= 11 is 10.1. The van der Waals surface area contributed by atoms with Crippen molar-refractivity contribution in [3.8, 4) is 11.5 Å². The van der Waals surface area contributed by atoms with E-state index in [1.165, 1.54) is 0 Å². The van der Waals surface area contributed by atoms with Crippen LogP contribution in [-0.4, -0.2) is 41.7 Å². The molecule has 0 atom stereocenters. The molecule has 0 spiro atoms. The number of rotatable bonds is 9. The molecule has 1 aliphatic heterocycles. The van der Waals surface area contributed by atoms with Crippen molar-refractivity contribution < 1.29 is 23.9 Å². The third-order valence-electron chi connectivity index (χ3n) is 4.92. The fraction of sp³-hybridized carbons (Fsp3) is 0.115. The van der Waals surface area contributed by atoms with E-state index in [9.17, 15) is 14.4 Å². The molecule has 1 heterocycles. The molecule has 1 aliphatic rings. The van der Waals surface area contributed by atoms with Crippen molar-refractivity contribution in [1.29, 1.82) is 0 Å². The van der Waals surface area contributed by atoms with Crippen LogP contribution in [0.5, 0.6) is 11.5 Å². The number of thioether (sulfide) groups is 1. The summed E-state index contributed by atoms with van der Waals surface area (Å²) in [4.78, 5) is 38.6. The lowest BCUT2D eigenvalue weighted by molar-refractivity contribution is -0.127. The third-order valence-corrected chi connectivity index (χ3v) is 7.06. The van der Waals surface area contributed by atoms with Crippen molar-refractivity contribution in [1.82, 2.24) is 4.90 Å². The largest absolute Gasteiger partial charge is 0.490 e. The minimum Gasteiger partial charge on any atom is -0.490 e. The first-order valence-electron chi connectivity index (χ1n) is 10.8. The fourth-order valence-corrected chi connectivity index (χ4v) is 4.47. The summed E-state index contributed by atoms with van der Waals surface area (Å²) < 4.78 is 12.0. The van der Waals surface area contributed by atoms with Gasteiger partial charge >= 0.3 is 0 Å². The van der Waals surface area contributed by atoms with Crippen LogP contribution in [0.3, 0.4) is 0 Å². The van der Waals surface area contributed by atoms with E-state index in [0.717, 1.165) is 28.0 Å². The van der Waals surface area contributed by atoms with Gasteiger partial charge in [-0.1, -0.05) is 41.9 Å². The SMILES string of the molecule is O=C(CN1C(=O)S/C(=C/c2ccc(OCCOc3ccccc3)cc2)C1=O)Nc1ccc(Br)c(Cl)c1. The summed E-state index contributed by atoms with van der Waals surface area (Å²) in [6.45, 7) is 0.385. The maximum absolute atomic E-state index is 12.7. The van der Waals surface area contributed by atoms with Crippen LogP contribution >= 0.6 is 39.3 Å². The number of carbonyl (C=O) groups is 3. The molecule has 10 heteroatoms. The lowest BCUT2D eigenvalue weighted by Gasteiger charge is -2.12. The van der Waals surface area contributed by atoms with E-state index >= 15 is 0 Å². The Morgan fingerprint density at radius 2 is 1.64 bits per heavy atom. The first kappa shape index (κ1) is 25.8. The summed E-state index contributed by atoms with van der Waals surface area (Å²) in [6, 6.07) is 21.5. The van der Waals surface area contributed by atoms with Gasteiger partial charge in [-0.3, -0.25) is 19.3 Å². The van der Waals surface area contributed by atoms with E-state index in [0.29, 0.717) is 34.1 Å². The van der Waals surface area contributed by atoms with E-state index in [1.54, 1.807) is 48.5 Å². The van der Waals surface area contributed by atoms with Crippen LogP contribution in [0.2, 0.25) is 5.02 Å². The first-order chi connectivity index (χ1) is 17.4. The standard InChI is InChI=1S/C26H20BrClN2O5S/c27-21-11-8-18(15-22(21)28)29-24(31)16-30-25(32)23(36-26(30)33)14-17-6-9-20(10-7-17)35-13-12-34-19-4-2-1-3-5-19/h1-11,14-15H,12-13,16H2,(H,29,31)/b23-14+. The van der Waals surface area contributed by atoms with Crippen molar-refractivity contribution in [2.45, 2.75) is 0 Å². The average Bonchev–Trinajstić information content (AvgIpc) is 3.13. The lowest BCUT2D eigenvalue weighted by Crippen LogP contribution is -2.36. The van der Waals surface area contributed by atoms with Crippen LogP contribution in [0, 0.1) is 0 Å². The second-order valence-corrected chi connectivity index (χ2v) is 9.78. The Hall–Kier alpha value is -3.27. The van der Waals surface area contributed by atoms with E-state index in [4.69, 9.17) is 21.1 Å². The van der Waals surface area contributed by atoms with Crippen molar-refractivity contribution in [3.05, 3.63) is 92.8 Å². The topological polar surface area (TPSA) is 84.9 Å². The first-order valence-corrected chi connectivity index (χ1v) is 12.8. The van der Waals surface area contributed by atoms with Gasteiger partial charge in [0.2, 0.25) is 5.91 Å². The zero-order valence-corrected chi connectivity index (χ0v) is 21.9. The highest BCUT2D eigenvalue weighted by atomic mass is 79.9. The summed E-state index contributed by atoms with van der Waals surface area (Å²) in [5.41, 5.74) is 1.19. The number of para-hydroxylation sites is 1. The van der Waals surface area contributed by atoms with Gasteiger partial charge in [-0.25, -0.2) is 0 Å². The highest BCUT2D eigenvalue weighted by Gasteiger charge is 2.36. The van der Waals surface area contributed by atoms with E-state index in [1.807, 2.05) is 30.3 Å². The van der Waals surface area contributed by atoms with Gasteiger partial charge in [-0.2, -0.15) is 0 Å². The normalized spacial score (nSPS) is 14.3. The molecule has 0 bridgehead atoms. The minimum absolute atomic E-state index is 0.240. The number of amides is 3. The van der Waals surface area contributed by atoms with Crippen molar-refractivity contribution >= 4 is 68.1 Å². The molecule has 3 aromatic carbocycles. The summed E-state index contributed by atoms with van der Waals surface area (Å²) in [6.07, 6.45) is 1.61. The lowest BCUT2D eigenvalue weighted by atomic mass is 10.2. The van der Waals surface area contributed by atoms with Gasteiger partial charge in [0.15, 0.2) is 0 Å². The van der Waals surface area contributed by atoms with Gasteiger partial charge in [0.05, 0.1) is 9.93 Å². The van der Waals surface area contributed by atoms with Crippen molar-refractivity contribution in [2.75, 3.05) is 25.1 Å². The Kier molecular flexibility index (Phi) is 8.69. The van der Waals surface area contributed by atoms with Crippen LogP contribution in [0.25, 0.3) is 6.08 Å². The Morgan fingerprint density at radius 1 is 0.972 bits per heavy atom. The average molecular weight is 588 g/mol. The highest BCUT2D eigenvalue weighted by Crippen LogP contribution is 2.32. The van der Waals surface area contributed by atoms with Gasteiger partial charge in [-0.05, 0) is 81.8 Å². The maximum atomic E-state index is 12.7. The van der Waals surface area contributed by atoms with Crippen molar-refractivity contribution in [3.63, 3.8) is 0 Å². The molecule has 0 saturated carbocycles. The Bertz CT molecular complexity index is 1300. The Morgan fingerprint density at radius 3 is 2.31 bits per heavy atom. The van der Waals surface area contributed by atoms with Crippen LogP contribution < -0.4 is 14.8 Å². The monoisotopic (exact) mass is 586 g/mol. The van der Waals surface area contributed by atoms with E-state index in [-0.39, 0.29) is 4.91 Å². The van der Waals surface area contributed by atoms with Gasteiger partial charge in [-0.15, -0.1) is 0 Å². The maximum Gasteiger partial charge on any atom is 0.294 e. The molecular formula is C26H20BrClN2O5S. The second kappa shape index (κ2) is 12.1. The van der Waals surface area contributed by atoms with Crippen LogP contribution in [0.15, 0.2) is 82.2 Å². The Labute approximate surface area is 225 Å². The number of carbonyl (C=O) groups excluding carboxylic acids is 3. The number of hydrogen-bond donors (Lipinski definition) is 1. The van der Waals surface area contributed by atoms with Crippen molar-refractivity contribution in [2.24, 2.45) is 0 Å². The molecule has 3 amide bonds. The molecule has 7 nitrogen and oxygen atoms in total. The number of hydrogen-bond acceptors (Lipinski definition) is 6. The number of nitrogens with zero attached hydrogens (tertiary/aromatic N) is 1. The molecule has 36 heavy (non-hydrogen) atoms. The number of anilines is 1. The number of imide groups is 1. The van der Waals surface area contributed by atoms with E-state index in [2.05, 4.69) is 21.2 Å². The molecule has 0 aliphatic carbocycles. The zero-order chi connectivity index (χ0) is 25.5. The van der Waals surface area contributed by atoms with Gasteiger partial charge in [0.25, 0.3) is 11.1 Å². The summed E-state index contributed by atoms with van der Waals surface area (Å²) in [7, 11) is 0. The van der Waals surface area contributed by atoms with Gasteiger partial charge in [0.1, 0.15) is 31.3 Å². The Balaban J connectivity index is 1.29.